The standard InChI is InChI=1S/C18H22N4O4/c1-4-20-18(25)21-16(23)10-26-17(24)14(9-19)8-13-7-11(2)22(12(13)3)15-5-6-15/h7-8,15H,4-6,10H2,1-3H3,(H2,20,21,23,25)/b14-8+. The van der Waals surface area contributed by atoms with Gasteiger partial charge in [-0.15, -0.1) is 0 Å². The topological polar surface area (TPSA) is 113 Å². The predicted molar refractivity (Wildman–Crippen MR) is 93.9 cm³/mol. The average molecular weight is 358 g/mol. The zero-order valence-corrected chi connectivity index (χ0v) is 15.1. The van der Waals surface area contributed by atoms with Crippen molar-refractivity contribution in [2.45, 2.75) is 39.7 Å². The summed E-state index contributed by atoms with van der Waals surface area (Å²) in [6.07, 6.45) is 3.73. The molecule has 1 saturated carbocycles. The van der Waals surface area contributed by atoms with Crippen molar-refractivity contribution in [1.29, 1.82) is 5.26 Å². The number of hydrogen-bond donors (Lipinski definition) is 2. The third-order valence-electron chi connectivity index (χ3n) is 4.00. The van der Waals surface area contributed by atoms with Gasteiger partial charge in [-0.2, -0.15) is 5.26 Å². The van der Waals surface area contributed by atoms with Crippen molar-refractivity contribution in [2.24, 2.45) is 0 Å². The summed E-state index contributed by atoms with van der Waals surface area (Å²) >= 11 is 0. The van der Waals surface area contributed by atoms with E-state index >= 15 is 0 Å². The molecular formula is C18H22N4O4. The molecule has 1 aliphatic rings. The SMILES string of the molecule is CCNC(=O)NC(=O)COC(=O)/C(C#N)=C/c1cc(C)n(C2CC2)c1C. The van der Waals surface area contributed by atoms with Gasteiger partial charge < -0.3 is 14.6 Å². The summed E-state index contributed by atoms with van der Waals surface area (Å²) in [5, 5.41) is 13.6. The minimum absolute atomic E-state index is 0.202. The van der Waals surface area contributed by atoms with Crippen LogP contribution in [0, 0.1) is 25.2 Å². The largest absolute Gasteiger partial charge is 0.451 e. The van der Waals surface area contributed by atoms with Crippen molar-refractivity contribution in [3.05, 3.63) is 28.6 Å². The summed E-state index contributed by atoms with van der Waals surface area (Å²) in [7, 11) is 0. The maximum absolute atomic E-state index is 12.0. The van der Waals surface area contributed by atoms with E-state index in [1.807, 2.05) is 25.2 Å². The van der Waals surface area contributed by atoms with Gasteiger partial charge in [0.1, 0.15) is 11.6 Å². The number of nitrogens with one attached hydrogen (secondary N) is 2. The summed E-state index contributed by atoms with van der Waals surface area (Å²) < 4.78 is 7.02. The molecule has 0 saturated heterocycles. The van der Waals surface area contributed by atoms with Gasteiger partial charge in [-0.25, -0.2) is 9.59 Å². The number of amides is 3. The quantitative estimate of drug-likeness (QED) is 0.457. The fourth-order valence-corrected chi connectivity index (χ4v) is 2.71. The number of nitriles is 1. The highest BCUT2D eigenvalue weighted by atomic mass is 16.5. The predicted octanol–water partition coefficient (Wildman–Crippen LogP) is 1.74. The molecule has 138 valence electrons. The molecule has 8 nitrogen and oxygen atoms in total. The summed E-state index contributed by atoms with van der Waals surface area (Å²) in [6, 6.07) is 3.54. The second kappa shape index (κ2) is 8.34. The van der Waals surface area contributed by atoms with Gasteiger partial charge in [-0.3, -0.25) is 10.1 Å². The van der Waals surface area contributed by atoms with E-state index < -0.39 is 24.5 Å². The smallest absolute Gasteiger partial charge is 0.349 e. The van der Waals surface area contributed by atoms with Crippen molar-refractivity contribution < 1.29 is 19.1 Å². The van der Waals surface area contributed by atoms with Gasteiger partial charge >= 0.3 is 12.0 Å². The Morgan fingerprint density at radius 2 is 2.08 bits per heavy atom. The van der Waals surface area contributed by atoms with E-state index in [1.165, 1.54) is 6.08 Å². The van der Waals surface area contributed by atoms with Gasteiger partial charge in [-0.05, 0) is 51.3 Å². The Labute approximate surface area is 151 Å². The molecule has 3 amide bonds. The van der Waals surface area contributed by atoms with Crippen molar-refractivity contribution in [2.75, 3.05) is 13.2 Å². The fraction of sp³-hybridized carbons (Fsp3) is 0.444. The maximum Gasteiger partial charge on any atom is 0.349 e. The van der Waals surface area contributed by atoms with Gasteiger partial charge in [0, 0.05) is 24.0 Å². The monoisotopic (exact) mass is 358 g/mol. The number of imide groups is 1. The van der Waals surface area contributed by atoms with Crippen LogP contribution in [-0.2, 0) is 14.3 Å². The first-order valence-electron chi connectivity index (χ1n) is 8.42. The Hall–Kier alpha value is -3.08. The molecule has 0 radical (unpaired) electrons. The summed E-state index contributed by atoms with van der Waals surface area (Å²) in [4.78, 5) is 34.8. The van der Waals surface area contributed by atoms with Crippen LogP contribution in [-0.4, -0.2) is 35.6 Å². The van der Waals surface area contributed by atoms with E-state index in [9.17, 15) is 19.6 Å². The zero-order chi connectivity index (χ0) is 19.3. The van der Waals surface area contributed by atoms with Crippen LogP contribution in [0.4, 0.5) is 4.79 Å². The third kappa shape index (κ3) is 4.72. The van der Waals surface area contributed by atoms with Crippen LogP contribution in [0.2, 0.25) is 0 Å². The summed E-state index contributed by atoms with van der Waals surface area (Å²) in [6.45, 7) is 5.35. The molecule has 2 N–H and O–H groups in total. The van der Waals surface area contributed by atoms with Crippen molar-refractivity contribution in [3.63, 3.8) is 0 Å². The molecular weight excluding hydrogens is 336 g/mol. The van der Waals surface area contributed by atoms with E-state index in [2.05, 4.69) is 9.88 Å². The van der Waals surface area contributed by atoms with Crippen LogP contribution in [0.5, 0.6) is 0 Å². The van der Waals surface area contributed by atoms with Gasteiger partial charge in [-0.1, -0.05) is 0 Å². The molecule has 1 heterocycles. The number of esters is 1. The number of carbonyl (C=O) groups excluding carboxylic acids is 3. The van der Waals surface area contributed by atoms with E-state index in [0.717, 1.165) is 29.8 Å². The van der Waals surface area contributed by atoms with Crippen molar-refractivity contribution >= 4 is 24.0 Å². The van der Waals surface area contributed by atoms with E-state index in [-0.39, 0.29) is 5.57 Å². The number of urea groups is 1. The van der Waals surface area contributed by atoms with Crippen molar-refractivity contribution in [3.8, 4) is 6.07 Å². The fourth-order valence-electron chi connectivity index (χ4n) is 2.71. The number of aryl methyl sites for hydroxylation is 1. The lowest BCUT2D eigenvalue weighted by Crippen LogP contribution is -2.41. The molecule has 0 aromatic carbocycles. The van der Waals surface area contributed by atoms with E-state index in [4.69, 9.17) is 4.74 Å². The first-order valence-corrected chi connectivity index (χ1v) is 8.42. The second-order valence-electron chi connectivity index (χ2n) is 6.08. The van der Waals surface area contributed by atoms with Gasteiger partial charge in [0.2, 0.25) is 0 Å². The second-order valence-corrected chi connectivity index (χ2v) is 6.08. The molecule has 0 unspecified atom stereocenters. The molecule has 1 aromatic rings. The molecule has 2 rings (SSSR count). The number of ether oxygens (including phenoxy) is 1. The first-order chi connectivity index (χ1) is 12.4. The Balaban J connectivity index is 2.02. The Bertz CT molecular complexity index is 797. The number of carbonyl (C=O) groups is 3. The van der Waals surface area contributed by atoms with Crippen LogP contribution in [0.3, 0.4) is 0 Å². The Morgan fingerprint density at radius 3 is 2.65 bits per heavy atom. The van der Waals surface area contributed by atoms with E-state index in [1.54, 1.807) is 13.0 Å². The maximum atomic E-state index is 12.0. The zero-order valence-electron chi connectivity index (χ0n) is 15.1. The van der Waals surface area contributed by atoms with Crippen LogP contribution < -0.4 is 10.6 Å². The lowest BCUT2D eigenvalue weighted by molar-refractivity contribution is -0.144. The number of nitrogens with zero attached hydrogens (tertiary/aromatic N) is 2. The normalized spacial score (nSPS) is 13.7. The molecule has 0 aliphatic heterocycles. The van der Waals surface area contributed by atoms with Crippen LogP contribution in [0.25, 0.3) is 6.08 Å². The highest BCUT2D eigenvalue weighted by Gasteiger charge is 2.27. The van der Waals surface area contributed by atoms with E-state index in [0.29, 0.717) is 12.6 Å². The van der Waals surface area contributed by atoms with Crippen LogP contribution in [0.1, 0.15) is 42.8 Å². The minimum Gasteiger partial charge on any atom is -0.451 e. The molecule has 1 fully saturated rings. The molecule has 1 aliphatic carbocycles. The Morgan fingerprint density at radius 1 is 1.38 bits per heavy atom. The molecule has 0 bridgehead atoms. The van der Waals surface area contributed by atoms with Crippen LogP contribution in [0.15, 0.2) is 11.6 Å². The first kappa shape index (κ1) is 19.2. The van der Waals surface area contributed by atoms with Crippen LogP contribution >= 0.6 is 0 Å². The molecule has 1 aromatic heterocycles. The highest BCUT2D eigenvalue weighted by Crippen LogP contribution is 2.38. The molecule has 0 atom stereocenters. The average Bonchev–Trinajstić information content (AvgIpc) is 3.37. The highest BCUT2D eigenvalue weighted by molar-refractivity contribution is 6.00. The lowest BCUT2D eigenvalue weighted by atomic mass is 10.1. The summed E-state index contributed by atoms with van der Waals surface area (Å²) in [5.41, 5.74) is 2.63. The third-order valence-corrected chi connectivity index (χ3v) is 4.00. The molecule has 8 heteroatoms. The number of rotatable bonds is 6. The molecule has 26 heavy (non-hydrogen) atoms. The van der Waals surface area contributed by atoms with Crippen molar-refractivity contribution in [1.82, 2.24) is 15.2 Å². The number of aromatic nitrogens is 1. The number of hydrogen-bond acceptors (Lipinski definition) is 5. The van der Waals surface area contributed by atoms with Gasteiger partial charge in [0.15, 0.2) is 6.61 Å². The molecule has 0 spiro atoms. The van der Waals surface area contributed by atoms with Gasteiger partial charge in [0.05, 0.1) is 0 Å². The Kier molecular flexibility index (Phi) is 6.17. The summed E-state index contributed by atoms with van der Waals surface area (Å²) in [5.74, 6) is -1.68. The lowest BCUT2D eigenvalue weighted by Gasteiger charge is -2.07. The van der Waals surface area contributed by atoms with Gasteiger partial charge in [0.25, 0.3) is 5.91 Å². The minimum atomic E-state index is -0.908.